The first kappa shape index (κ1) is 16.8. The molecular formula is C18H23N3O3S. The van der Waals surface area contributed by atoms with Gasteiger partial charge in [-0.05, 0) is 37.8 Å². The summed E-state index contributed by atoms with van der Waals surface area (Å²) < 4.78 is 11.2. The van der Waals surface area contributed by atoms with Gasteiger partial charge in [-0.25, -0.2) is 4.98 Å². The predicted octanol–water partition coefficient (Wildman–Crippen LogP) is 2.46. The molecule has 2 aromatic rings. The van der Waals surface area contributed by atoms with Crippen LogP contribution in [0, 0.1) is 12.8 Å². The molecule has 25 heavy (non-hydrogen) atoms. The molecule has 2 aliphatic rings. The van der Waals surface area contributed by atoms with E-state index in [2.05, 4.69) is 22.1 Å². The largest absolute Gasteiger partial charge is 0.459 e. The summed E-state index contributed by atoms with van der Waals surface area (Å²) in [5, 5.41) is 2.94. The Morgan fingerprint density at radius 2 is 2.40 bits per heavy atom. The molecule has 0 saturated carbocycles. The lowest BCUT2D eigenvalue weighted by molar-refractivity contribution is -0.136. The van der Waals surface area contributed by atoms with Gasteiger partial charge in [0.15, 0.2) is 5.76 Å². The highest BCUT2D eigenvalue weighted by Gasteiger charge is 2.52. The third-order valence-electron chi connectivity index (χ3n) is 5.32. The molecule has 2 fully saturated rings. The Morgan fingerprint density at radius 3 is 3.12 bits per heavy atom. The van der Waals surface area contributed by atoms with E-state index in [0.29, 0.717) is 18.2 Å². The van der Waals surface area contributed by atoms with E-state index in [1.165, 1.54) is 11.1 Å². The molecule has 6 nitrogen and oxygen atoms in total. The number of ether oxygens (including phenoxy) is 1. The molecule has 1 unspecified atom stereocenters. The summed E-state index contributed by atoms with van der Waals surface area (Å²) in [6.45, 7) is 6.46. The third-order valence-corrected chi connectivity index (χ3v) is 6.24. The van der Waals surface area contributed by atoms with Crippen molar-refractivity contribution >= 4 is 17.2 Å². The van der Waals surface area contributed by atoms with Crippen LogP contribution in [0.15, 0.2) is 28.3 Å². The topological polar surface area (TPSA) is 67.6 Å². The van der Waals surface area contributed by atoms with Crippen molar-refractivity contribution in [2.45, 2.75) is 31.9 Å². The Labute approximate surface area is 151 Å². The molecule has 2 aliphatic heterocycles. The van der Waals surface area contributed by atoms with E-state index < -0.39 is 0 Å². The van der Waals surface area contributed by atoms with E-state index in [9.17, 15) is 4.79 Å². The van der Waals surface area contributed by atoms with Crippen LogP contribution in [-0.4, -0.2) is 47.6 Å². The van der Waals surface area contributed by atoms with Gasteiger partial charge in [-0.2, -0.15) is 0 Å². The number of aromatic nitrogens is 1. The smallest absolute Gasteiger partial charge is 0.286 e. The maximum atomic E-state index is 11.9. The van der Waals surface area contributed by atoms with Crippen molar-refractivity contribution in [3.63, 3.8) is 0 Å². The summed E-state index contributed by atoms with van der Waals surface area (Å²) in [7, 11) is 0. The minimum atomic E-state index is -0.145. The van der Waals surface area contributed by atoms with E-state index in [4.69, 9.17) is 9.15 Å². The van der Waals surface area contributed by atoms with Gasteiger partial charge in [0.25, 0.3) is 5.91 Å². The maximum absolute atomic E-state index is 11.9. The zero-order valence-electron chi connectivity index (χ0n) is 14.4. The number of likely N-dealkylation sites (tertiary alicyclic amines) is 1. The molecule has 0 bridgehead atoms. The van der Waals surface area contributed by atoms with Gasteiger partial charge in [-0.1, -0.05) is 0 Å². The van der Waals surface area contributed by atoms with Crippen molar-refractivity contribution in [1.82, 2.24) is 15.2 Å². The summed E-state index contributed by atoms with van der Waals surface area (Å²) in [5.41, 5.74) is 3.03. The van der Waals surface area contributed by atoms with Crippen LogP contribution in [0.1, 0.15) is 34.0 Å². The number of aryl methyl sites for hydroxylation is 1. The zero-order chi connectivity index (χ0) is 17.3. The van der Waals surface area contributed by atoms with E-state index in [1.807, 2.05) is 5.51 Å². The van der Waals surface area contributed by atoms with Crippen LogP contribution < -0.4 is 5.32 Å². The normalized spacial score (nSPS) is 22.2. The second-order valence-electron chi connectivity index (χ2n) is 6.93. The quantitative estimate of drug-likeness (QED) is 0.856. The minimum absolute atomic E-state index is 0.0198. The molecule has 0 aliphatic carbocycles. The Morgan fingerprint density at radius 1 is 1.52 bits per heavy atom. The van der Waals surface area contributed by atoms with Gasteiger partial charge in [0.1, 0.15) is 0 Å². The van der Waals surface area contributed by atoms with E-state index in [0.717, 1.165) is 44.8 Å². The lowest BCUT2D eigenvalue weighted by Crippen LogP contribution is -2.64. The molecule has 0 radical (unpaired) electrons. The summed E-state index contributed by atoms with van der Waals surface area (Å²) in [4.78, 5) is 20.0. The fourth-order valence-electron chi connectivity index (χ4n) is 3.90. The molecule has 1 amide bonds. The molecule has 1 atom stereocenters. The highest BCUT2D eigenvalue weighted by Crippen LogP contribution is 2.42. The number of nitrogens with one attached hydrogen (secondary N) is 1. The molecule has 4 rings (SSSR count). The monoisotopic (exact) mass is 361 g/mol. The fraction of sp³-hybridized carbons (Fsp3) is 0.556. The Kier molecular flexibility index (Phi) is 4.62. The summed E-state index contributed by atoms with van der Waals surface area (Å²) in [5.74, 6) is 0.726. The van der Waals surface area contributed by atoms with Crippen LogP contribution in [0.25, 0.3) is 0 Å². The Hall–Kier alpha value is -1.70. The van der Waals surface area contributed by atoms with Crippen LogP contribution in [0.2, 0.25) is 0 Å². The van der Waals surface area contributed by atoms with Gasteiger partial charge in [-0.3, -0.25) is 9.69 Å². The molecule has 2 saturated heterocycles. The van der Waals surface area contributed by atoms with Crippen LogP contribution in [0.3, 0.4) is 0 Å². The Bertz CT molecular complexity index is 722. The van der Waals surface area contributed by atoms with Crippen molar-refractivity contribution in [1.29, 1.82) is 0 Å². The summed E-state index contributed by atoms with van der Waals surface area (Å²) in [6, 6.07) is 3.41. The number of rotatable bonds is 6. The van der Waals surface area contributed by atoms with Gasteiger partial charge in [0.2, 0.25) is 0 Å². The average molecular weight is 361 g/mol. The second-order valence-corrected chi connectivity index (χ2v) is 7.87. The van der Waals surface area contributed by atoms with Crippen molar-refractivity contribution in [2.75, 3.05) is 26.2 Å². The van der Waals surface area contributed by atoms with Crippen molar-refractivity contribution in [3.05, 3.63) is 40.2 Å². The van der Waals surface area contributed by atoms with Gasteiger partial charge in [-0.15, -0.1) is 11.3 Å². The van der Waals surface area contributed by atoms with Crippen LogP contribution in [0.4, 0.5) is 0 Å². The molecule has 0 aromatic carbocycles. The molecule has 1 N–H and O–H groups in total. The van der Waals surface area contributed by atoms with Crippen molar-refractivity contribution in [3.8, 4) is 0 Å². The lowest BCUT2D eigenvalue weighted by Gasteiger charge is -2.50. The van der Waals surface area contributed by atoms with Crippen molar-refractivity contribution in [2.24, 2.45) is 5.92 Å². The number of furan rings is 1. The summed E-state index contributed by atoms with van der Waals surface area (Å²) in [6.07, 6.45) is 3.53. The molecule has 1 spiro atoms. The highest BCUT2D eigenvalue weighted by atomic mass is 32.1. The zero-order valence-corrected chi connectivity index (χ0v) is 15.2. The number of carbonyl (C=O) groups excluding carboxylic acids is 1. The number of hydrogen-bond acceptors (Lipinski definition) is 6. The van der Waals surface area contributed by atoms with E-state index in [1.54, 1.807) is 23.5 Å². The number of amides is 1. The van der Waals surface area contributed by atoms with Gasteiger partial charge < -0.3 is 14.5 Å². The van der Waals surface area contributed by atoms with E-state index in [-0.39, 0.29) is 11.5 Å². The Balaban J connectivity index is 1.26. The fourth-order valence-corrected chi connectivity index (χ4v) is 4.72. The minimum Gasteiger partial charge on any atom is -0.459 e. The van der Waals surface area contributed by atoms with Gasteiger partial charge in [0, 0.05) is 37.7 Å². The number of hydrogen-bond donors (Lipinski definition) is 1. The average Bonchev–Trinajstić information content (AvgIpc) is 3.29. The van der Waals surface area contributed by atoms with Crippen LogP contribution in [-0.2, 0) is 11.3 Å². The number of nitrogens with zero attached hydrogens (tertiary/aromatic N) is 2. The standard InChI is InChI=1S/C18H23N3O3S/c1-13-16(25-12-20-13)9-21-10-18(11-21)14(5-8-24-18)4-6-19-17(22)15-3-2-7-23-15/h2-3,7,12,14H,4-6,8-11H2,1H3,(H,19,22). The van der Waals surface area contributed by atoms with Crippen molar-refractivity contribution < 1.29 is 13.9 Å². The molecule has 7 heteroatoms. The van der Waals surface area contributed by atoms with Crippen LogP contribution in [0.5, 0.6) is 0 Å². The SMILES string of the molecule is Cc1ncsc1CN1CC2(C1)OCCC2CCNC(=O)c1ccco1. The highest BCUT2D eigenvalue weighted by molar-refractivity contribution is 7.09. The third kappa shape index (κ3) is 3.36. The van der Waals surface area contributed by atoms with Gasteiger partial charge in [0.05, 0.1) is 23.1 Å². The maximum Gasteiger partial charge on any atom is 0.286 e. The van der Waals surface area contributed by atoms with Gasteiger partial charge >= 0.3 is 0 Å². The lowest BCUT2D eigenvalue weighted by atomic mass is 9.79. The molecule has 2 aromatic heterocycles. The number of carbonyl (C=O) groups is 1. The first-order chi connectivity index (χ1) is 12.2. The predicted molar refractivity (Wildman–Crippen MR) is 94.6 cm³/mol. The molecule has 4 heterocycles. The van der Waals surface area contributed by atoms with Crippen LogP contribution >= 0.6 is 11.3 Å². The first-order valence-electron chi connectivity index (χ1n) is 8.73. The second kappa shape index (κ2) is 6.90. The first-order valence-corrected chi connectivity index (χ1v) is 9.61. The molecule has 134 valence electrons. The molecular weight excluding hydrogens is 338 g/mol. The van der Waals surface area contributed by atoms with E-state index >= 15 is 0 Å². The summed E-state index contributed by atoms with van der Waals surface area (Å²) >= 11 is 1.72. The number of thiazole rings is 1.